The molecule has 35 heavy (non-hydrogen) atoms. The third kappa shape index (κ3) is 11.3. The van der Waals surface area contributed by atoms with Crippen molar-refractivity contribution in [1.29, 1.82) is 0 Å². The van der Waals surface area contributed by atoms with Crippen molar-refractivity contribution < 1.29 is 46.2 Å². The van der Waals surface area contributed by atoms with Crippen LogP contribution in [0.1, 0.15) is 31.1 Å². The van der Waals surface area contributed by atoms with Crippen LogP contribution in [-0.4, -0.2) is 92.1 Å². The molecule has 0 aromatic heterocycles. The van der Waals surface area contributed by atoms with E-state index in [4.69, 9.17) is 9.90 Å². The molecular formula is C20H29F3N4O7S. The van der Waals surface area contributed by atoms with Crippen LogP contribution in [0.25, 0.3) is 0 Å². The van der Waals surface area contributed by atoms with Crippen LogP contribution in [-0.2, 0) is 19.6 Å². The standard InChI is InChI=1S/C18H28N4O5S.C2HF3O2/c1-18(2,3)19-16(23)12-21-7-9-22(10-8-21)15-6-5-13(17(24)25)11-14(15)20-28(4,26)27;3-2(4,5)1(6)7/h5-6,11,20H,7-10,12H2,1-4H3,(H,19,23)(H,24,25);(H,6,7). The molecule has 198 valence electrons. The highest BCUT2D eigenvalue weighted by molar-refractivity contribution is 7.92. The number of amides is 1. The average Bonchev–Trinajstić information content (AvgIpc) is 2.65. The lowest BCUT2D eigenvalue weighted by Gasteiger charge is -2.37. The molecule has 1 fully saturated rings. The number of benzene rings is 1. The third-order valence-corrected chi connectivity index (χ3v) is 4.97. The van der Waals surface area contributed by atoms with Gasteiger partial charge in [0.2, 0.25) is 15.9 Å². The van der Waals surface area contributed by atoms with Gasteiger partial charge in [-0.3, -0.25) is 14.4 Å². The number of hydrogen-bond donors (Lipinski definition) is 4. The second-order valence-corrected chi connectivity index (χ2v) is 10.5. The number of piperazine rings is 1. The highest BCUT2D eigenvalue weighted by atomic mass is 32.2. The van der Waals surface area contributed by atoms with Crippen molar-refractivity contribution >= 4 is 39.2 Å². The maximum Gasteiger partial charge on any atom is 0.490 e. The second kappa shape index (κ2) is 11.6. The molecule has 1 aliphatic heterocycles. The second-order valence-electron chi connectivity index (χ2n) is 8.78. The maximum atomic E-state index is 12.1. The minimum atomic E-state index is -5.08. The molecule has 4 N–H and O–H groups in total. The van der Waals surface area contributed by atoms with Crippen molar-refractivity contribution in [3.8, 4) is 0 Å². The number of carboxylic acid groups (broad SMARTS) is 2. The van der Waals surface area contributed by atoms with Gasteiger partial charge < -0.3 is 20.4 Å². The molecule has 1 heterocycles. The largest absolute Gasteiger partial charge is 0.490 e. The zero-order valence-corrected chi connectivity index (χ0v) is 20.5. The van der Waals surface area contributed by atoms with Gasteiger partial charge in [-0.1, -0.05) is 0 Å². The van der Waals surface area contributed by atoms with Crippen LogP contribution in [0.3, 0.4) is 0 Å². The van der Waals surface area contributed by atoms with Crippen LogP contribution in [0, 0.1) is 0 Å². The van der Waals surface area contributed by atoms with Crippen LogP contribution in [0.5, 0.6) is 0 Å². The molecule has 0 aliphatic carbocycles. The molecule has 1 amide bonds. The zero-order valence-electron chi connectivity index (χ0n) is 19.6. The van der Waals surface area contributed by atoms with Gasteiger partial charge >= 0.3 is 18.1 Å². The number of alkyl halides is 3. The first kappa shape index (κ1) is 30.0. The number of aliphatic carboxylic acids is 1. The van der Waals surface area contributed by atoms with Crippen LogP contribution in [0.4, 0.5) is 24.5 Å². The Hall–Kier alpha value is -3.07. The quantitative estimate of drug-likeness (QED) is 0.431. The van der Waals surface area contributed by atoms with E-state index in [-0.39, 0.29) is 22.7 Å². The highest BCUT2D eigenvalue weighted by Crippen LogP contribution is 2.29. The Labute approximate surface area is 200 Å². The summed E-state index contributed by atoms with van der Waals surface area (Å²) in [7, 11) is -3.56. The van der Waals surface area contributed by atoms with Crippen LogP contribution in [0.15, 0.2) is 18.2 Å². The SMILES string of the molecule is CC(C)(C)NC(=O)CN1CCN(c2ccc(C(=O)O)cc2NS(C)(=O)=O)CC1.O=C(O)C(F)(F)F. The minimum absolute atomic E-state index is 0.00684. The first-order chi connectivity index (χ1) is 15.8. The van der Waals surface area contributed by atoms with Crippen molar-refractivity contribution in [2.24, 2.45) is 0 Å². The minimum Gasteiger partial charge on any atom is -0.478 e. The van der Waals surface area contributed by atoms with E-state index in [2.05, 4.69) is 10.0 Å². The van der Waals surface area contributed by atoms with Gasteiger partial charge in [0, 0.05) is 31.7 Å². The molecule has 1 aliphatic rings. The Morgan fingerprint density at radius 2 is 1.54 bits per heavy atom. The van der Waals surface area contributed by atoms with Gasteiger partial charge in [0.25, 0.3) is 0 Å². The first-order valence-corrected chi connectivity index (χ1v) is 12.1. The number of aromatic carboxylic acids is 1. The fraction of sp³-hybridized carbons (Fsp3) is 0.550. The lowest BCUT2D eigenvalue weighted by atomic mass is 10.1. The van der Waals surface area contributed by atoms with E-state index in [1.165, 1.54) is 12.1 Å². The molecule has 0 radical (unpaired) electrons. The van der Waals surface area contributed by atoms with E-state index in [1.807, 2.05) is 30.6 Å². The Bertz CT molecular complexity index is 1030. The topological polar surface area (TPSA) is 156 Å². The number of carbonyl (C=O) groups excluding carboxylic acids is 1. The summed E-state index contributed by atoms with van der Waals surface area (Å²) in [5.41, 5.74) is 0.583. The Morgan fingerprint density at radius 1 is 1.03 bits per heavy atom. The van der Waals surface area contributed by atoms with Crippen molar-refractivity contribution in [2.75, 3.05) is 48.6 Å². The number of carbonyl (C=O) groups is 3. The summed E-state index contributed by atoms with van der Waals surface area (Å²) in [6.45, 7) is 8.55. The monoisotopic (exact) mass is 526 g/mol. The van der Waals surface area contributed by atoms with Crippen molar-refractivity contribution in [3.05, 3.63) is 23.8 Å². The van der Waals surface area contributed by atoms with E-state index in [0.29, 0.717) is 38.4 Å². The average molecular weight is 527 g/mol. The number of nitrogens with one attached hydrogen (secondary N) is 2. The van der Waals surface area contributed by atoms with Crippen molar-refractivity contribution in [3.63, 3.8) is 0 Å². The fourth-order valence-electron chi connectivity index (χ4n) is 3.03. The van der Waals surface area contributed by atoms with E-state index in [1.54, 1.807) is 6.07 Å². The van der Waals surface area contributed by atoms with Gasteiger partial charge in [0.1, 0.15) is 0 Å². The van der Waals surface area contributed by atoms with Crippen LogP contribution < -0.4 is 14.9 Å². The zero-order chi connectivity index (χ0) is 27.2. The molecule has 2 rings (SSSR count). The number of rotatable bonds is 6. The molecule has 1 saturated heterocycles. The maximum absolute atomic E-state index is 12.1. The van der Waals surface area contributed by atoms with Gasteiger partial charge in [-0.25, -0.2) is 18.0 Å². The molecular weight excluding hydrogens is 497 g/mol. The van der Waals surface area contributed by atoms with Crippen molar-refractivity contribution in [2.45, 2.75) is 32.5 Å². The van der Waals surface area contributed by atoms with Gasteiger partial charge in [-0.05, 0) is 39.0 Å². The summed E-state index contributed by atoms with van der Waals surface area (Å²) in [4.78, 5) is 36.2. The van der Waals surface area contributed by atoms with E-state index < -0.39 is 28.1 Å². The summed E-state index contributed by atoms with van der Waals surface area (Å²) in [6.07, 6.45) is -4.06. The number of sulfonamides is 1. The third-order valence-electron chi connectivity index (χ3n) is 4.38. The first-order valence-electron chi connectivity index (χ1n) is 10.2. The van der Waals surface area contributed by atoms with E-state index in [9.17, 15) is 36.3 Å². The summed E-state index contributed by atoms with van der Waals surface area (Å²) >= 11 is 0. The van der Waals surface area contributed by atoms with E-state index >= 15 is 0 Å². The molecule has 0 saturated carbocycles. The smallest absolute Gasteiger partial charge is 0.478 e. The Morgan fingerprint density at radius 3 is 1.94 bits per heavy atom. The fourth-order valence-corrected chi connectivity index (χ4v) is 3.60. The predicted octanol–water partition coefficient (Wildman–Crippen LogP) is 1.43. The molecule has 0 spiro atoms. The van der Waals surface area contributed by atoms with Gasteiger partial charge in [-0.15, -0.1) is 0 Å². The lowest BCUT2D eigenvalue weighted by Crippen LogP contribution is -2.51. The normalized spacial score (nSPS) is 15.0. The molecule has 0 unspecified atom stereocenters. The summed E-state index contributed by atoms with van der Waals surface area (Å²) < 4.78 is 57.5. The molecule has 0 atom stereocenters. The number of nitrogens with zero attached hydrogens (tertiary/aromatic N) is 2. The Balaban J connectivity index is 0.000000762. The highest BCUT2D eigenvalue weighted by Gasteiger charge is 2.38. The summed E-state index contributed by atoms with van der Waals surface area (Å²) in [5, 5.41) is 19.2. The number of hydrogen-bond acceptors (Lipinski definition) is 7. The Kier molecular flexibility index (Phi) is 9.91. The van der Waals surface area contributed by atoms with Crippen LogP contribution in [0.2, 0.25) is 0 Å². The molecule has 1 aromatic rings. The van der Waals surface area contributed by atoms with Crippen molar-refractivity contribution in [1.82, 2.24) is 10.2 Å². The molecule has 1 aromatic carbocycles. The predicted molar refractivity (Wildman–Crippen MR) is 122 cm³/mol. The molecule has 0 bridgehead atoms. The van der Waals surface area contributed by atoms with Crippen LogP contribution >= 0.6 is 0 Å². The summed E-state index contributed by atoms with van der Waals surface area (Å²) in [6, 6.07) is 4.38. The lowest BCUT2D eigenvalue weighted by molar-refractivity contribution is -0.192. The van der Waals surface area contributed by atoms with Gasteiger partial charge in [0.15, 0.2) is 0 Å². The van der Waals surface area contributed by atoms with E-state index in [0.717, 1.165) is 6.26 Å². The van der Waals surface area contributed by atoms with Gasteiger partial charge in [0.05, 0.1) is 29.7 Å². The number of carboxylic acids is 2. The molecule has 11 nitrogen and oxygen atoms in total. The summed E-state index contributed by atoms with van der Waals surface area (Å²) in [5.74, 6) is -3.92. The van der Waals surface area contributed by atoms with Gasteiger partial charge in [-0.2, -0.15) is 13.2 Å². The molecule has 15 heteroatoms. The number of halogens is 3. The number of anilines is 2.